The molecule has 1 saturated carbocycles. The molecule has 31 heavy (non-hydrogen) atoms. The molecule has 2 aliphatic rings. The van der Waals surface area contributed by atoms with Gasteiger partial charge >= 0.3 is 0 Å². The molecule has 0 spiro atoms. The minimum atomic E-state index is -0.120. The van der Waals surface area contributed by atoms with Gasteiger partial charge < -0.3 is 4.90 Å². The standard InChI is InChI=1S/C23H21Cl3N4S/c1-13-20(23-29-28-22(31-23)14-4-2-3-5-14)27-21(18-11-8-16(25)12-19(18)26)30(13)17-9-6-15(24)7-10-17/h6-14,20H,2-5H2,1H3. The number of aromatic nitrogens is 2. The molecule has 4 nitrogen and oxygen atoms in total. The summed E-state index contributed by atoms with van der Waals surface area (Å²) >= 11 is 20.6. The van der Waals surface area contributed by atoms with Gasteiger partial charge in [0.25, 0.3) is 0 Å². The Morgan fingerprint density at radius 2 is 1.58 bits per heavy atom. The molecule has 0 saturated heterocycles. The SMILES string of the molecule is CC1C(c2nnc(C3CCCC3)s2)N=C(c2ccc(Cl)cc2Cl)N1c1ccc(Cl)cc1. The molecule has 1 aliphatic heterocycles. The van der Waals surface area contributed by atoms with E-state index in [1.807, 2.05) is 36.4 Å². The number of aliphatic imine (C=N–C) groups is 1. The fraction of sp³-hybridized carbons (Fsp3) is 0.348. The van der Waals surface area contributed by atoms with Gasteiger partial charge in [-0.05, 0) is 62.2 Å². The summed E-state index contributed by atoms with van der Waals surface area (Å²) in [4.78, 5) is 7.31. The van der Waals surface area contributed by atoms with Gasteiger partial charge in [0.05, 0.1) is 11.1 Å². The van der Waals surface area contributed by atoms with Crippen molar-refractivity contribution >= 4 is 57.7 Å². The van der Waals surface area contributed by atoms with E-state index in [2.05, 4.69) is 22.0 Å². The summed E-state index contributed by atoms with van der Waals surface area (Å²) in [7, 11) is 0. The number of anilines is 1. The molecule has 1 aromatic heterocycles. The summed E-state index contributed by atoms with van der Waals surface area (Å²) in [5.74, 6) is 1.35. The summed E-state index contributed by atoms with van der Waals surface area (Å²) in [5, 5.41) is 13.1. The minimum Gasteiger partial charge on any atom is -0.321 e. The van der Waals surface area contributed by atoms with Crippen LogP contribution in [0.25, 0.3) is 0 Å². The van der Waals surface area contributed by atoms with Gasteiger partial charge in [-0.2, -0.15) is 0 Å². The Labute approximate surface area is 200 Å². The molecule has 2 unspecified atom stereocenters. The molecule has 3 aromatic rings. The lowest BCUT2D eigenvalue weighted by Crippen LogP contribution is -2.36. The van der Waals surface area contributed by atoms with Crippen LogP contribution in [-0.2, 0) is 0 Å². The summed E-state index contributed by atoms with van der Waals surface area (Å²) in [5.41, 5.74) is 1.85. The highest BCUT2D eigenvalue weighted by Crippen LogP contribution is 2.42. The molecule has 5 rings (SSSR count). The Kier molecular flexibility index (Phi) is 5.95. The maximum Gasteiger partial charge on any atom is 0.144 e. The van der Waals surface area contributed by atoms with E-state index in [1.54, 1.807) is 17.4 Å². The third-order valence-electron chi connectivity index (χ3n) is 6.04. The first-order chi connectivity index (χ1) is 15.0. The summed E-state index contributed by atoms with van der Waals surface area (Å²) in [6, 6.07) is 13.2. The van der Waals surface area contributed by atoms with Gasteiger partial charge in [-0.25, -0.2) is 0 Å². The molecule has 0 N–H and O–H groups in total. The quantitative estimate of drug-likeness (QED) is 0.378. The summed E-state index contributed by atoms with van der Waals surface area (Å²) in [6.07, 6.45) is 4.98. The van der Waals surface area contributed by atoms with Crippen molar-refractivity contribution in [2.24, 2.45) is 4.99 Å². The van der Waals surface area contributed by atoms with E-state index in [1.165, 1.54) is 25.7 Å². The second-order valence-electron chi connectivity index (χ2n) is 8.07. The van der Waals surface area contributed by atoms with Crippen LogP contribution in [0.3, 0.4) is 0 Å². The van der Waals surface area contributed by atoms with Crippen LogP contribution >= 0.6 is 46.1 Å². The molecule has 2 heterocycles. The van der Waals surface area contributed by atoms with Crippen molar-refractivity contribution in [3.05, 3.63) is 73.1 Å². The predicted octanol–water partition coefficient (Wildman–Crippen LogP) is 7.55. The van der Waals surface area contributed by atoms with Gasteiger partial charge in [0.15, 0.2) is 0 Å². The lowest BCUT2D eigenvalue weighted by atomic mass is 10.1. The smallest absolute Gasteiger partial charge is 0.144 e. The van der Waals surface area contributed by atoms with E-state index < -0.39 is 0 Å². The third-order valence-corrected chi connectivity index (χ3v) is 8.00. The molecule has 1 aliphatic carbocycles. The van der Waals surface area contributed by atoms with Crippen LogP contribution < -0.4 is 4.90 Å². The number of rotatable bonds is 4. The van der Waals surface area contributed by atoms with Gasteiger partial charge in [0.1, 0.15) is 21.9 Å². The Hall–Kier alpha value is -1.66. The van der Waals surface area contributed by atoms with Gasteiger partial charge in [-0.15, -0.1) is 10.2 Å². The summed E-state index contributed by atoms with van der Waals surface area (Å²) < 4.78 is 0. The average molecular weight is 492 g/mol. The maximum absolute atomic E-state index is 6.58. The van der Waals surface area contributed by atoms with Gasteiger partial charge in [0, 0.05) is 27.2 Å². The van der Waals surface area contributed by atoms with Crippen LogP contribution in [0.1, 0.15) is 60.1 Å². The van der Waals surface area contributed by atoms with Gasteiger partial charge in [0.2, 0.25) is 0 Å². The number of amidine groups is 1. The van der Waals surface area contributed by atoms with Crippen LogP contribution in [-0.4, -0.2) is 22.1 Å². The molecule has 8 heteroatoms. The van der Waals surface area contributed by atoms with Gasteiger partial charge in [-0.3, -0.25) is 4.99 Å². The second-order valence-corrected chi connectivity index (χ2v) is 10.4. The van der Waals surface area contributed by atoms with Crippen molar-refractivity contribution in [2.75, 3.05) is 4.90 Å². The second kappa shape index (κ2) is 8.70. The van der Waals surface area contributed by atoms with Crippen molar-refractivity contribution in [1.82, 2.24) is 10.2 Å². The highest BCUT2D eigenvalue weighted by Gasteiger charge is 2.38. The molecular weight excluding hydrogens is 471 g/mol. The number of nitrogens with zero attached hydrogens (tertiary/aromatic N) is 4. The zero-order valence-corrected chi connectivity index (χ0v) is 20.0. The molecular formula is C23H21Cl3N4S. The Morgan fingerprint density at radius 1 is 0.903 bits per heavy atom. The predicted molar refractivity (Wildman–Crippen MR) is 130 cm³/mol. The zero-order chi connectivity index (χ0) is 21.5. The zero-order valence-electron chi connectivity index (χ0n) is 16.9. The van der Waals surface area contributed by atoms with E-state index in [0.29, 0.717) is 21.0 Å². The highest BCUT2D eigenvalue weighted by atomic mass is 35.5. The van der Waals surface area contributed by atoms with E-state index >= 15 is 0 Å². The lowest BCUT2D eigenvalue weighted by molar-refractivity contribution is 0.615. The molecule has 2 aromatic carbocycles. The van der Waals surface area contributed by atoms with Crippen LogP contribution in [0.2, 0.25) is 15.1 Å². The monoisotopic (exact) mass is 490 g/mol. The Morgan fingerprint density at radius 3 is 2.29 bits per heavy atom. The first-order valence-corrected chi connectivity index (χ1v) is 12.4. The van der Waals surface area contributed by atoms with E-state index in [-0.39, 0.29) is 12.1 Å². The fourth-order valence-corrected chi connectivity index (χ4v) is 6.20. The largest absolute Gasteiger partial charge is 0.321 e. The van der Waals surface area contributed by atoms with Crippen LogP contribution in [0.4, 0.5) is 5.69 Å². The molecule has 0 radical (unpaired) electrons. The minimum absolute atomic E-state index is 0.0484. The summed E-state index contributed by atoms with van der Waals surface area (Å²) in [6.45, 7) is 2.16. The maximum atomic E-state index is 6.58. The highest BCUT2D eigenvalue weighted by molar-refractivity contribution is 7.11. The topological polar surface area (TPSA) is 41.4 Å². The molecule has 0 bridgehead atoms. The van der Waals surface area contributed by atoms with Crippen LogP contribution in [0.15, 0.2) is 47.5 Å². The normalized spacial score (nSPS) is 21.7. The first-order valence-electron chi connectivity index (χ1n) is 10.4. The van der Waals surface area contributed by atoms with Crippen LogP contribution in [0, 0.1) is 0 Å². The number of benzene rings is 2. The van der Waals surface area contributed by atoms with Crippen LogP contribution in [0.5, 0.6) is 0 Å². The molecule has 1 fully saturated rings. The lowest BCUT2D eigenvalue weighted by Gasteiger charge is -2.27. The Bertz CT molecular complexity index is 1120. The average Bonchev–Trinajstić information content (AvgIpc) is 3.48. The van der Waals surface area contributed by atoms with Crippen molar-refractivity contribution < 1.29 is 0 Å². The first kappa shape index (κ1) is 21.2. The number of hydrogen-bond acceptors (Lipinski definition) is 5. The van der Waals surface area contributed by atoms with Gasteiger partial charge in [-0.1, -0.05) is 59.0 Å². The third kappa shape index (κ3) is 4.09. The van der Waals surface area contributed by atoms with Crippen molar-refractivity contribution in [1.29, 1.82) is 0 Å². The number of hydrogen-bond donors (Lipinski definition) is 0. The fourth-order valence-electron chi connectivity index (χ4n) is 4.43. The van der Waals surface area contributed by atoms with E-state index in [0.717, 1.165) is 27.1 Å². The van der Waals surface area contributed by atoms with Crippen molar-refractivity contribution in [3.8, 4) is 0 Å². The van der Waals surface area contributed by atoms with E-state index in [9.17, 15) is 0 Å². The van der Waals surface area contributed by atoms with Crippen molar-refractivity contribution in [3.63, 3.8) is 0 Å². The Balaban J connectivity index is 1.56. The number of halogens is 3. The van der Waals surface area contributed by atoms with Crippen molar-refractivity contribution in [2.45, 2.75) is 50.6 Å². The molecule has 2 atom stereocenters. The molecule has 160 valence electrons. The molecule has 0 amide bonds. The van der Waals surface area contributed by atoms with E-state index in [4.69, 9.17) is 39.8 Å².